The third-order valence-corrected chi connectivity index (χ3v) is 4.00. The van der Waals surface area contributed by atoms with Crippen molar-refractivity contribution in [3.63, 3.8) is 0 Å². The van der Waals surface area contributed by atoms with Gasteiger partial charge in [-0.15, -0.1) is 0 Å². The standard InChI is InChI=1S/C16H31NO3/c1-4-7-8-9-12-20-14-10-11-16(13-14,17-5-2)15(18)19-6-3/h14,17H,4-13H2,1-3H3. The molecule has 2 atom stereocenters. The number of esters is 1. The van der Waals surface area contributed by atoms with Gasteiger partial charge in [-0.25, -0.2) is 0 Å². The average Bonchev–Trinajstić information content (AvgIpc) is 2.84. The molecule has 1 aliphatic carbocycles. The highest BCUT2D eigenvalue weighted by molar-refractivity contribution is 5.81. The van der Waals surface area contributed by atoms with Crippen molar-refractivity contribution >= 4 is 5.97 Å². The van der Waals surface area contributed by atoms with Crippen LogP contribution in [0.2, 0.25) is 0 Å². The fourth-order valence-corrected chi connectivity index (χ4v) is 2.95. The molecule has 1 rings (SSSR count). The SMILES string of the molecule is CCCCCCOC1CCC(NCC)(C(=O)OCC)C1. The summed E-state index contributed by atoms with van der Waals surface area (Å²) in [6, 6.07) is 0. The van der Waals surface area contributed by atoms with Crippen LogP contribution in [0.1, 0.15) is 65.7 Å². The van der Waals surface area contributed by atoms with Crippen molar-refractivity contribution in [3.05, 3.63) is 0 Å². The zero-order chi connectivity index (χ0) is 14.8. The average molecular weight is 285 g/mol. The maximum Gasteiger partial charge on any atom is 0.326 e. The summed E-state index contributed by atoms with van der Waals surface area (Å²) in [6.45, 7) is 8.13. The minimum atomic E-state index is -0.515. The number of rotatable bonds is 10. The largest absolute Gasteiger partial charge is 0.465 e. The van der Waals surface area contributed by atoms with Crippen LogP contribution in [0.15, 0.2) is 0 Å². The number of likely N-dealkylation sites (N-methyl/N-ethyl adjacent to an activating group) is 1. The van der Waals surface area contributed by atoms with Crippen LogP contribution in [0.4, 0.5) is 0 Å². The van der Waals surface area contributed by atoms with E-state index in [0.29, 0.717) is 6.61 Å². The van der Waals surface area contributed by atoms with Crippen molar-refractivity contribution in [1.82, 2.24) is 5.32 Å². The minimum absolute atomic E-state index is 0.112. The fraction of sp³-hybridized carbons (Fsp3) is 0.938. The van der Waals surface area contributed by atoms with Crippen LogP contribution in [-0.2, 0) is 14.3 Å². The van der Waals surface area contributed by atoms with Gasteiger partial charge in [0.15, 0.2) is 0 Å². The third kappa shape index (κ3) is 5.06. The lowest BCUT2D eigenvalue weighted by atomic mass is 9.97. The van der Waals surface area contributed by atoms with Crippen molar-refractivity contribution in [2.24, 2.45) is 0 Å². The number of ether oxygens (including phenoxy) is 2. The summed E-state index contributed by atoms with van der Waals surface area (Å²) in [5, 5.41) is 3.33. The Balaban J connectivity index is 2.38. The number of nitrogens with one attached hydrogen (secondary N) is 1. The molecule has 4 nitrogen and oxygen atoms in total. The van der Waals surface area contributed by atoms with Crippen LogP contribution in [0.3, 0.4) is 0 Å². The molecule has 0 spiro atoms. The highest BCUT2D eigenvalue weighted by Gasteiger charge is 2.46. The number of hydrogen-bond acceptors (Lipinski definition) is 4. The third-order valence-electron chi connectivity index (χ3n) is 4.00. The lowest BCUT2D eigenvalue weighted by molar-refractivity contribution is -0.151. The Hall–Kier alpha value is -0.610. The summed E-state index contributed by atoms with van der Waals surface area (Å²) in [5.74, 6) is -0.112. The Labute approximate surface area is 123 Å². The molecule has 1 aliphatic rings. The van der Waals surface area contributed by atoms with Crippen LogP contribution in [0.25, 0.3) is 0 Å². The normalized spacial score (nSPS) is 25.9. The molecular formula is C16H31NO3. The molecule has 1 saturated carbocycles. The highest BCUT2D eigenvalue weighted by atomic mass is 16.5. The molecule has 0 aromatic carbocycles. The molecule has 0 saturated heterocycles. The van der Waals surface area contributed by atoms with Gasteiger partial charge < -0.3 is 14.8 Å². The van der Waals surface area contributed by atoms with Crippen LogP contribution >= 0.6 is 0 Å². The molecule has 2 unspecified atom stereocenters. The first-order valence-electron chi connectivity index (χ1n) is 8.22. The monoisotopic (exact) mass is 285 g/mol. The predicted octanol–water partition coefficient (Wildman–Crippen LogP) is 3.05. The number of unbranched alkanes of at least 4 members (excludes halogenated alkanes) is 3. The number of carbonyl (C=O) groups excluding carboxylic acids is 1. The van der Waals surface area contributed by atoms with Gasteiger partial charge in [0, 0.05) is 13.0 Å². The van der Waals surface area contributed by atoms with E-state index in [0.717, 1.165) is 38.8 Å². The second kappa shape index (κ2) is 9.35. The summed E-state index contributed by atoms with van der Waals surface area (Å²) < 4.78 is 11.2. The molecule has 20 heavy (non-hydrogen) atoms. The van der Waals surface area contributed by atoms with E-state index in [2.05, 4.69) is 12.2 Å². The molecule has 0 radical (unpaired) electrons. The molecule has 118 valence electrons. The van der Waals surface area contributed by atoms with E-state index >= 15 is 0 Å². The molecule has 4 heteroatoms. The van der Waals surface area contributed by atoms with E-state index in [4.69, 9.17) is 9.47 Å². The molecular weight excluding hydrogens is 254 g/mol. The summed E-state index contributed by atoms with van der Waals surface area (Å²) in [4.78, 5) is 12.2. The maximum atomic E-state index is 12.2. The smallest absolute Gasteiger partial charge is 0.326 e. The zero-order valence-corrected chi connectivity index (χ0v) is 13.4. The van der Waals surface area contributed by atoms with E-state index in [1.165, 1.54) is 19.3 Å². The number of hydrogen-bond donors (Lipinski definition) is 1. The second-order valence-corrected chi connectivity index (χ2v) is 5.63. The van der Waals surface area contributed by atoms with E-state index in [-0.39, 0.29) is 12.1 Å². The van der Waals surface area contributed by atoms with Gasteiger partial charge in [-0.05, 0) is 32.7 Å². The van der Waals surface area contributed by atoms with Gasteiger partial charge in [0.1, 0.15) is 5.54 Å². The van der Waals surface area contributed by atoms with Gasteiger partial charge in [0.05, 0.1) is 12.7 Å². The molecule has 0 bridgehead atoms. The molecule has 0 heterocycles. The fourth-order valence-electron chi connectivity index (χ4n) is 2.95. The van der Waals surface area contributed by atoms with E-state index in [9.17, 15) is 4.79 Å². The summed E-state index contributed by atoms with van der Waals surface area (Å²) in [6.07, 6.45) is 7.58. The molecule has 0 aromatic rings. The van der Waals surface area contributed by atoms with Crippen LogP contribution in [0.5, 0.6) is 0 Å². The minimum Gasteiger partial charge on any atom is -0.465 e. The van der Waals surface area contributed by atoms with Gasteiger partial charge in [0.2, 0.25) is 0 Å². The Morgan fingerprint density at radius 3 is 2.70 bits per heavy atom. The van der Waals surface area contributed by atoms with Gasteiger partial charge in [-0.3, -0.25) is 4.79 Å². The molecule has 0 amide bonds. The van der Waals surface area contributed by atoms with Crippen molar-refractivity contribution in [3.8, 4) is 0 Å². The van der Waals surface area contributed by atoms with Crippen LogP contribution < -0.4 is 5.32 Å². The highest BCUT2D eigenvalue weighted by Crippen LogP contribution is 2.33. The van der Waals surface area contributed by atoms with Gasteiger partial charge in [-0.2, -0.15) is 0 Å². The van der Waals surface area contributed by atoms with Crippen molar-refractivity contribution in [1.29, 1.82) is 0 Å². The van der Waals surface area contributed by atoms with Gasteiger partial charge in [0.25, 0.3) is 0 Å². The van der Waals surface area contributed by atoms with E-state index < -0.39 is 5.54 Å². The summed E-state index contributed by atoms with van der Waals surface area (Å²) in [5.41, 5.74) is -0.515. The Morgan fingerprint density at radius 2 is 2.05 bits per heavy atom. The second-order valence-electron chi connectivity index (χ2n) is 5.63. The lowest BCUT2D eigenvalue weighted by Crippen LogP contribution is -2.51. The lowest BCUT2D eigenvalue weighted by Gasteiger charge is -2.27. The first-order valence-corrected chi connectivity index (χ1v) is 8.22. The molecule has 1 N–H and O–H groups in total. The van der Waals surface area contributed by atoms with Crippen molar-refractivity contribution < 1.29 is 14.3 Å². The summed E-state index contributed by atoms with van der Waals surface area (Å²) >= 11 is 0. The molecule has 0 aromatic heterocycles. The number of carbonyl (C=O) groups is 1. The van der Waals surface area contributed by atoms with E-state index in [1.807, 2.05) is 13.8 Å². The van der Waals surface area contributed by atoms with Crippen LogP contribution in [-0.4, -0.2) is 37.4 Å². The summed E-state index contributed by atoms with van der Waals surface area (Å²) in [7, 11) is 0. The van der Waals surface area contributed by atoms with Crippen molar-refractivity contribution in [2.45, 2.75) is 77.4 Å². The molecule has 0 aliphatic heterocycles. The first kappa shape index (κ1) is 17.4. The quantitative estimate of drug-likeness (QED) is 0.495. The predicted molar refractivity (Wildman–Crippen MR) is 80.8 cm³/mol. The first-order chi connectivity index (χ1) is 9.68. The Kier molecular flexibility index (Phi) is 8.15. The zero-order valence-electron chi connectivity index (χ0n) is 13.4. The Morgan fingerprint density at radius 1 is 1.25 bits per heavy atom. The van der Waals surface area contributed by atoms with Crippen molar-refractivity contribution in [2.75, 3.05) is 19.8 Å². The van der Waals surface area contributed by atoms with E-state index in [1.54, 1.807) is 0 Å². The molecule has 1 fully saturated rings. The maximum absolute atomic E-state index is 12.2. The van der Waals surface area contributed by atoms with Gasteiger partial charge >= 0.3 is 5.97 Å². The van der Waals surface area contributed by atoms with Crippen LogP contribution in [0, 0.1) is 0 Å². The Bertz CT molecular complexity index is 283. The topological polar surface area (TPSA) is 47.6 Å². The van der Waals surface area contributed by atoms with Gasteiger partial charge in [-0.1, -0.05) is 33.1 Å².